The van der Waals surface area contributed by atoms with E-state index in [1.54, 1.807) is 11.2 Å². The Morgan fingerprint density at radius 1 is 1.29 bits per heavy atom. The number of rotatable bonds is 7. The van der Waals surface area contributed by atoms with Crippen molar-refractivity contribution in [2.75, 3.05) is 18.1 Å². The van der Waals surface area contributed by atoms with E-state index in [9.17, 15) is 9.59 Å². The van der Waals surface area contributed by atoms with Crippen LogP contribution in [-0.2, 0) is 9.59 Å². The summed E-state index contributed by atoms with van der Waals surface area (Å²) >= 11 is 0. The Morgan fingerprint density at radius 3 is 2.75 bits per heavy atom. The van der Waals surface area contributed by atoms with Crippen LogP contribution in [-0.4, -0.2) is 35.9 Å². The molecule has 0 spiro atoms. The molecule has 2 heterocycles. The summed E-state index contributed by atoms with van der Waals surface area (Å²) in [7, 11) is 0. The molecule has 0 radical (unpaired) electrons. The quantitative estimate of drug-likeness (QED) is 0.731. The van der Waals surface area contributed by atoms with E-state index >= 15 is 0 Å². The molecule has 2 unspecified atom stereocenters. The van der Waals surface area contributed by atoms with E-state index in [0.717, 1.165) is 24.3 Å². The summed E-state index contributed by atoms with van der Waals surface area (Å²) in [6.07, 6.45) is 3.88. The second-order valence-electron chi connectivity index (χ2n) is 7.47. The highest BCUT2D eigenvalue weighted by Crippen LogP contribution is 2.39. The summed E-state index contributed by atoms with van der Waals surface area (Å²) in [6, 6.07) is 11.4. The topological polar surface area (TPSA) is 63.0 Å². The predicted molar refractivity (Wildman–Crippen MR) is 105 cm³/mol. The number of benzene rings is 1. The van der Waals surface area contributed by atoms with Gasteiger partial charge in [0.2, 0.25) is 11.8 Å². The Morgan fingerprint density at radius 2 is 2.07 bits per heavy atom. The molecule has 0 N–H and O–H groups in total. The van der Waals surface area contributed by atoms with Gasteiger partial charge in [-0.25, -0.2) is 0 Å². The monoisotopic (exact) mass is 382 g/mol. The zero-order chi connectivity index (χ0) is 19.7. The highest BCUT2D eigenvalue weighted by atomic mass is 16.5. The van der Waals surface area contributed by atoms with E-state index in [4.69, 9.17) is 9.15 Å². The first-order chi connectivity index (χ1) is 13.6. The van der Waals surface area contributed by atoms with Crippen LogP contribution in [0, 0.1) is 5.92 Å². The molecular weight excluding hydrogens is 356 g/mol. The van der Waals surface area contributed by atoms with Crippen molar-refractivity contribution in [2.45, 2.75) is 45.2 Å². The van der Waals surface area contributed by atoms with Gasteiger partial charge in [-0.15, -0.1) is 0 Å². The van der Waals surface area contributed by atoms with Gasteiger partial charge in [0.25, 0.3) is 0 Å². The third-order valence-corrected chi connectivity index (χ3v) is 5.50. The van der Waals surface area contributed by atoms with Gasteiger partial charge in [-0.3, -0.25) is 9.59 Å². The highest BCUT2D eigenvalue weighted by Gasteiger charge is 2.44. The van der Waals surface area contributed by atoms with Crippen molar-refractivity contribution in [1.29, 1.82) is 0 Å². The van der Waals surface area contributed by atoms with Crippen molar-refractivity contribution in [3.63, 3.8) is 0 Å². The molecule has 6 nitrogen and oxygen atoms in total. The molecule has 2 atom stereocenters. The maximum atomic E-state index is 13.4. The number of hydrogen-bond donors (Lipinski definition) is 0. The van der Waals surface area contributed by atoms with Gasteiger partial charge in [-0.2, -0.15) is 0 Å². The molecular formula is C22H26N2O4. The zero-order valence-corrected chi connectivity index (χ0v) is 16.3. The molecule has 148 valence electrons. The first-order valence-corrected chi connectivity index (χ1v) is 9.98. The summed E-state index contributed by atoms with van der Waals surface area (Å²) in [6.45, 7) is 4.82. The van der Waals surface area contributed by atoms with Gasteiger partial charge in [-0.05, 0) is 51.0 Å². The number of hydrogen-bond acceptors (Lipinski definition) is 4. The normalized spacial score (nSPS) is 20.3. The number of ether oxygens (including phenoxy) is 1. The summed E-state index contributed by atoms with van der Waals surface area (Å²) in [5.74, 6) is 1.11. The average Bonchev–Trinajstić information content (AvgIpc) is 3.22. The van der Waals surface area contributed by atoms with Crippen LogP contribution in [0.5, 0.6) is 5.75 Å². The zero-order valence-electron chi connectivity index (χ0n) is 16.3. The first-order valence-electron chi connectivity index (χ1n) is 9.98. The van der Waals surface area contributed by atoms with Gasteiger partial charge >= 0.3 is 0 Å². The molecule has 0 bridgehead atoms. The van der Waals surface area contributed by atoms with Crippen LogP contribution in [0.4, 0.5) is 5.69 Å². The van der Waals surface area contributed by atoms with E-state index in [1.807, 2.05) is 55.1 Å². The Bertz CT molecular complexity index is 844. The second kappa shape index (κ2) is 7.70. The molecule has 2 aromatic rings. The van der Waals surface area contributed by atoms with E-state index in [2.05, 4.69) is 0 Å². The van der Waals surface area contributed by atoms with Crippen LogP contribution < -0.4 is 9.64 Å². The molecule has 2 aliphatic rings. The van der Waals surface area contributed by atoms with E-state index in [1.165, 1.54) is 0 Å². The van der Waals surface area contributed by atoms with E-state index < -0.39 is 0 Å². The highest BCUT2D eigenvalue weighted by molar-refractivity contribution is 6.01. The lowest BCUT2D eigenvalue weighted by molar-refractivity contribution is -0.139. The number of anilines is 1. The molecule has 1 aromatic heterocycles. The fraction of sp³-hybridized carbons (Fsp3) is 0.455. The molecule has 1 aliphatic heterocycles. The Balaban J connectivity index is 1.54. The molecule has 28 heavy (non-hydrogen) atoms. The number of nitrogens with zero attached hydrogens (tertiary/aromatic N) is 2. The summed E-state index contributed by atoms with van der Waals surface area (Å²) in [5, 5.41) is 0. The van der Waals surface area contributed by atoms with Crippen molar-refractivity contribution in [3.8, 4) is 5.75 Å². The molecule has 1 saturated heterocycles. The van der Waals surface area contributed by atoms with Gasteiger partial charge in [0, 0.05) is 19.0 Å². The van der Waals surface area contributed by atoms with Crippen LogP contribution in [0.15, 0.2) is 47.1 Å². The van der Waals surface area contributed by atoms with Crippen LogP contribution in [0.25, 0.3) is 0 Å². The number of furan rings is 1. The van der Waals surface area contributed by atoms with Gasteiger partial charge < -0.3 is 19.0 Å². The van der Waals surface area contributed by atoms with Crippen LogP contribution in [0.2, 0.25) is 0 Å². The first kappa shape index (κ1) is 18.6. The van der Waals surface area contributed by atoms with Crippen molar-refractivity contribution >= 4 is 17.5 Å². The molecule has 2 amide bonds. The third kappa shape index (κ3) is 3.51. The molecule has 1 aliphatic carbocycles. The Hall–Kier alpha value is -2.76. The van der Waals surface area contributed by atoms with Crippen molar-refractivity contribution in [1.82, 2.24) is 4.90 Å². The lowest BCUT2D eigenvalue weighted by Gasteiger charge is -2.30. The lowest BCUT2D eigenvalue weighted by atomic mass is 10.0. The Labute approximate surface area is 165 Å². The minimum Gasteiger partial charge on any atom is -0.492 e. The molecule has 2 fully saturated rings. The minimum atomic E-state index is -0.347. The standard InChI is InChI=1S/C22H26N2O4/c1-3-27-20-8-5-4-7-18(20)23-14-16(13-21(23)25)22(26)24(17-10-11-17)15(2)19-9-6-12-28-19/h4-9,12,15-17H,3,10-11,13-14H2,1-2H3. The van der Waals surface area contributed by atoms with Crippen LogP contribution >= 0.6 is 0 Å². The molecule has 1 aromatic carbocycles. The van der Waals surface area contributed by atoms with Crippen molar-refractivity contribution in [2.24, 2.45) is 5.92 Å². The number of carbonyl (C=O) groups is 2. The van der Waals surface area contributed by atoms with Crippen molar-refractivity contribution < 1.29 is 18.7 Å². The third-order valence-electron chi connectivity index (χ3n) is 5.50. The maximum absolute atomic E-state index is 13.4. The van der Waals surface area contributed by atoms with Crippen molar-refractivity contribution in [3.05, 3.63) is 48.4 Å². The van der Waals surface area contributed by atoms with E-state index in [-0.39, 0.29) is 36.2 Å². The molecule has 6 heteroatoms. The smallest absolute Gasteiger partial charge is 0.228 e. The predicted octanol–water partition coefficient (Wildman–Crippen LogP) is 3.78. The Kier molecular flexibility index (Phi) is 5.11. The SMILES string of the molecule is CCOc1ccccc1N1CC(C(=O)N(C2CC2)C(C)c2ccco2)CC1=O. The molecule has 1 saturated carbocycles. The van der Waals surface area contributed by atoms with Gasteiger partial charge in [0.1, 0.15) is 11.5 Å². The van der Waals surface area contributed by atoms with Crippen LogP contribution in [0.3, 0.4) is 0 Å². The average molecular weight is 382 g/mol. The van der Waals surface area contributed by atoms with Crippen LogP contribution in [0.1, 0.15) is 44.9 Å². The maximum Gasteiger partial charge on any atom is 0.228 e. The number of para-hydroxylation sites is 2. The summed E-state index contributed by atoms with van der Waals surface area (Å²) in [4.78, 5) is 29.7. The number of carbonyl (C=O) groups excluding carboxylic acids is 2. The van der Waals surface area contributed by atoms with Gasteiger partial charge in [-0.1, -0.05) is 12.1 Å². The minimum absolute atomic E-state index is 0.0353. The second-order valence-corrected chi connectivity index (χ2v) is 7.47. The molecule has 4 rings (SSSR count). The number of amides is 2. The van der Waals surface area contributed by atoms with Gasteiger partial charge in [0.05, 0.1) is 30.5 Å². The lowest BCUT2D eigenvalue weighted by Crippen LogP contribution is -2.40. The fourth-order valence-corrected chi connectivity index (χ4v) is 3.98. The van der Waals surface area contributed by atoms with E-state index in [0.29, 0.717) is 18.9 Å². The largest absolute Gasteiger partial charge is 0.492 e. The summed E-state index contributed by atoms with van der Waals surface area (Å²) in [5.41, 5.74) is 0.738. The fourth-order valence-electron chi connectivity index (χ4n) is 3.98. The summed E-state index contributed by atoms with van der Waals surface area (Å²) < 4.78 is 11.2. The van der Waals surface area contributed by atoms with Gasteiger partial charge in [0.15, 0.2) is 0 Å².